The first-order chi connectivity index (χ1) is 11.0. The van der Waals surface area contributed by atoms with Gasteiger partial charge in [-0.05, 0) is 18.2 Å². The van der Waals surface area contributed by atoms with Gasteiger partial charge in [0, 0.05) is 11.6 Å². The number of hydrogen-bond acceptors (Lipinski definition) is 6. The predicted molar refractivity (Wildman–Crippen MR) is 82.0 cm³/mol. The first kappa shape index (κ1) is 15.0. The zero-order valence-electron chi connectivity index (χ0n) is 11.7. The molecule has 0 saturated heterocycles. The number of fused-ring (bicyclic) bond motifs is 1. The zero-order valence-corrected chi connectivity index (χ0v) is 12.5. The lowest BCUT2D eigenvalue weighted by Gasteiger charge is -2.28. The highest BCUT2D eigenvalue weighted by Crippen LogP contribution is 2.32. The van der Waals surface area contributed by atoms with Crippen LogP contribution in [0.5, 0.6) is 5.75 Å². The van der Waals surface area contributed by atoms with Gasteiger partial charge in [0.2, 0.25) is 5.91 Å². The number of carboxylic acid groups (broad SMARTS) is 1. The Morgan fingerprint density at radius 3 is 2.96 bits per heavy atom. The standard InChI is InChI=1S/C14H11N3O5S/c18-11(16-14-15-3-4-23-14)6-17-9-2-1-8(13(20)21)5-10(9)22-7-12(17)19/h1-5H,6-7H2,(H,20,21)(H,15,16,18). The Hall–Kier alpha value is -2.94. The molecule has 0 atom stereocenters. The van der Waals surface area contributed by atoms with Crippen LogP contribution in [0.2, 0.25) is 0 Å². The SMILES string of the molecule is O=C(CN1C(=O)COc2cc(C(=O)O)ccc21)Nc1nccs1. The summed E-state index contributed by atoms with van der Waals surface area (Å²) >= 11 is 1.27. The van der Waals surface area contributed by atoms with Crippen molar-refractivity contribution in [3.05, 3.63) is 35.3 Å². The van der Waals surface area contributed by atoms with Gasteiger partial charge in [-0.1, -0.05) is 0 Å². The van der Waals surface area contributed by atoms with Crippen molar-refractivity contribution in [1.82, 2.24) is 4.98 Å². The van der Waals surface area contributed by atoms with Crippen molar-refractivity contribution in [3.8, 4) is 5.75 Å². The van der Waals surface area contributed by atoms with Crippen molar-refractivity contribution < 1.29 is 24.2 Å². The summed E-state index contributed by atoms with van der Waals surface area (Å²) in [5, 5.41) is 13.7. The number of carbonyl (C=O) groups is 3. The summed E-state index contributed by atoms with van der Waals surface area (Å²) in [5.41, 5.74) is 0.408. The number of aromatic nitrogens is 1. The normalized spacial score (nSPS) is 13.2. The average molecular weight is 333 g/mol. The summed E-state index contributed by atoms with van der Waals surface area (Å²) in [6, 6.07) is 4.14. The lowest BCUT2D eigenvalue weighted by molar-refractivity contribution is -0.123. The molecule has 1 aliphatic heterocycles. The predicted octanol–water partition coefficient (Wildman–Crippen LogP) is 1.21. The van der Waals surface area contributed by atoms with Crippen LogP contribution in [0.15, 0.2) is 29.8 Å². The van der Waals surface area contributed by atoms with Gasteiger partial charge >= 0.3 is 5.97 Å². The fourth-order valence-corrected chi connectivity index (χ4v) is 2.64. The molecule has 118 valence electrons. The number of benzene rings is 1. The number of nitrogens with one attached hydrogen (secondary N) is 1. The Morgan fingerprint density at radius 1 is 1.43 bits per heavy atom. The van der Waals surface area contributed by atoms with Crippen LogP contribution in [-0.4, -0.2) is 41.0 Å². The number of anilines is 2. The minimum atomic E-state index is -1.10. The van der Waals surface area contributed by atoms with Crippen molar-refractivity contribution in [3.63, 3.8) is 0 Å². The summed E-state index contributed by atoms with van der Waals surface area (Å²) in [4.78, 5) is 40.2. The molecule has 1 aromatic heterocycles. The number of amides is 2. The zero-order chi connectivity index (χ0) is 16.4. The number of carboxylic acids is 1. The first-order valence-corrected chi connectivity index (χ1v) is 7.42. The molecule has 3 rings (SSSR count). The van der Waals surface area contributed by atoms with Crippen molar-refractivity contribution in [2.24, 2.45) is 0 Å². The van der Waals surface area contributed by atoms with Gasteiger partial charge in [0.05, 0.1) is 11.3 Å². The van der Waals surface area contributed by atoms with Crippen LogP contribution < -0.4 is 15.0 Å². The highest BCUT2D eigenvalue weighted by Gasteiger charge is 2.28. The Labute approximate surface area is 134 Å². The van der Waals surface area contributed by atoms with E-state index in [4.69, 9.17) is 9.84 Å². The topological polar surface area (TPSA) is 109 Å². The average Bonchev–Trinajstić information content (AvgIpc) is 3.02. The molecule has 23 heavy (non-hydrogen) atoms. The Kier molecular flexibility index (Phi) is 3.94. The molecule has 1 aliphatic rings. The second kappa shape index (κ2) is 6.05. The molecule has 8 nitrogen and oxygen atoms in total. The molecule has 0 fully saturated rings. The van der Waals surface area contributed by atoms with E-state index >= 15 is 0 Å². The molecular weight excluding hydrogens is 322 g/mol. The van der Waals surface area contributed by atoms with E-state index in [-0.39, 0.29) is 30.4 Å². The van der Waals surface area contributed by atoms with Crippen LogP contribution in [0.25, 0.3) is 0 Å². The minimum Gasteiger partial charge on any atom is -0.482 e. The summed E-state index contributed by atoms with van der Waals surface area (Å²) in [6.45, 7) is -0.457. The number of rotatable bonds is 4. The maximum atomic E-state index is 12.0. The number of hydrogen-bond donors (Lipinski definition) is 2. The van der Waals surface area contributed by atoms with E-state index in [0.29, 0.717) is 10.8 Å². The van der Waals surface area contributed by atoms with E-state index in [9.17, 15) is 14.4 Å². The molecule has 0 spiro atoms. The number of carbonyl (C=O) groups excluding carboxylic acids is 2. The summed E-state index contributed by atoms with van der Waals surface area (Å²) in [6.07, 6.45) is 1.56. The van der Waals surface area contributed by atoms with Crippen LogP contribution in [0, 0.1) is 0 Å². The van der Waals surface area contributed by atoms with Gasteiger partial charge in [-0.2, -0.15) is 0 Å². The Balaban J connectivity index is 1.81. The second-order valence-corrected chi connectivity index (χ2v) is 5.54. The van der Waals surface area contributed by atoms with Crippen molar-refractivity contribution in [1.29, 1.82) is 0 Å². The van der Waals surface area contributed by atoms with Crippen molar-refractivity contribution in [2.45, 2.75) is 0 Å². The molecular formula is C14H11N3O5S. The van der Waals surface area contributed by atoms with E-state index in [0.717, 1.165) is 0 Å². The smallest absolute Gasteiger partial charge is 0.335 e. The summed E-state index contributed by atoms with van der Waals surface area (Å²) in [7, 11) is 0. The van der Waals surface area contributed by atoms with Crippen molar-refractivity contribution >= 4 is 39.9 Å². The first-order valence-electron chi connectivity index (χ1n) is 6.54. The maximum Gasteiger partial charge on any atom is 0.335 e. The molecule has 0 bridgehead atoms. The molecule has 2 aromatic rings. The van der Waals surface area contributed by atoms with Gasteiger partial charge in [0.25, 0.3) is 5.91 Å². The van der Waals surface area contributed by atoms with Crippen LogP contribution in [-0.2, 0) is 9.59 Å². The highest BCUT2D eigenvalue weighted by molar-refractivity contribution is 7.13. The largest absolute Gasteiger partial charge is 0.482 e. The summed E-state index contributed by atoms with van der Waals surface area (Å²) < 4.78 is 5.25. The van der Waals surface area contributed by atoms with Crippen LogP contribution >= 0.6 is 11.3 Å². The third-order valence-electron chi connectivity index (χ3n) is 3.13. The minimum absolute atomic E-state index is 0.0466. The third kappa shape index (κ3) is 3.14. The molecule has 0 unspecified atom stereocenters. The molecule has 0 aliphatic carbocycles. The molecule has 9 heteroatoms. The maximum absolute atomic E-state index is 12.0. The molecule has 2 amide bonds. The van der Waals surface area contributed by atoms with E-state index in [1.807, 2.05) is 0 Å². The number of aromatic carboxylic acids is 1. The van der Waals surface area contributed by atoms with E-state index in [1.165, 1.54) is 34.4 Å². The molecule has 0 radical (unpaired) electrons. The number of ether oxygens (including phenoxy) is 1. The van der Waals surface area contributed by atoms with E-state index in [1.54, 1.807) is 11.6 Å². The second-order valence-electron chi connectivity index (χ2n) is 4.64. The van der Waals surface area contributed by atoms with E-state index in [2.05, 4.69) is 10.3 Å². The van der Waals surface area contributed by atoms with Gasteiger partial charge in [-0.3, -0.25) is 14.5 Å². The van der Waals surface area contributed by atoms with Crippen LogP contribution in [0.3, 0.4) is 0 Å². The van der Waals surface area contributed by atoms with Crippen LogP contribution in [0.1, 0.15) is 10.4 Å². The Morgan fingerprint density at radius 2 is 2.26 bits per heavy atom. The molecule has 2 heterocycles. The van der Waals surface area contributed by atoms with Gasteiger partial charge in [0.1, 0.15) is 12.3 Å². The van der Waals surface area contributed by atoms with Crippen LogP contribution in [0.4, 0.5) is 10.8 Å². The van der Waals surface area contributed by atoms with E-state index < -0.39 is 11.9 Å². The van der Waals surface area contributed by atoms with Gasteiger partial charge in [0.15, 0.2) is 11.7 Å². The summed E-state index contributed by atoms with van der Waals surface area (Å²) in [5.74, 6) is -1.62. The number of nitrogens with zero attached hydrogens (tertiary/aromatic N) is 2. The fourth-order valence-electron chi connectivity index (χ4n) is 2.10. The third-order valence-corrected chi connectivity index (χ3v) is 3.82. The quantitative estimate of drug-likeness (QED) is 0.870. The molecule has 0 saturated carbocycles. The van der Waals surface area contributed by atoms with Gasteiger partial charge in [-0.25, -0.2) is 9.78 Å². The fraction of sp³-hybridized carbons (Fsp3) is 0.143. The molecule has 2 N–H and O–H groups in total. The molecule has 1 aromatic carbocycles. The van der Waals surface area contributed by atoms with Crippen molar-refractivity contribution in [2.75, 3.05) is 23.4 Å². The monoisotopic (exact) mass is 333 g/mol. The van der Waals surface area contributed by atoms with Gasteiger partial charge in [-0.15, -0.1) is 11.3 Å². The Bertz CT molecular complexity index is 775. The van der Waals surface area contributed by atoms with Gasteiger partial charge < -0.3 is 15.2 Å². The highest BCUT2D eigenvalue weighted by atomic mass is 32.1. The lowest BCUT2D eigenvalue weighted by Crippen LogP contribution is -2.43. The lowest BCUT2D eigenvalue weighted by atomic mass is 10.1. The number of thiazole rings is 1.